The predicted molar refractivity (Wildman–Crippen MR) is 69.0 cm³/mol. The Morgan fingerprint density at radius 3 is 2.47 bits per heavy atom. The zero-order chi connectivity index (χ0) is 12.4. The van der Waals surface area contributed by atoms with Crippen LogP contribution in [0.2, 0.25) is 0 Å². The van der Waals surface area contributed by atoms with Crippen LogP contribution < -0.4 is 5.73 Å². The average molecular weight is 232 g/mol. The molecule has 0 aliphatic carbocycles. The van der Waals surface area contributed by atoms with Crippen LogP contribution in [0, 0.1) is 0 Å². The minimum atomic E-state index is 0.105. The molecule has 1 aromatic rings. The van der Waals surface area contributed by atoms with E-state index in [1.54, 1.807) is 0 Å². The van der Waals surface area contributed by atoms with Crippen LogP contribution in [0.25, 0.3) is 0 Å². The number of hydrogen-bond donors (Lipinski definition) is 1. The van der Waals surface area contributed by atoms with Crippen LogP contribution in [-0.2, 0) is 0 Å². The predicted octanol–water partition coefficient (Wildman–Crippen LogP) is 1.98. The number of benzene rings is 1. The first kappa shape index (κ1) is 12.1. The summed E-state index contributed by atoms with van der Waals surface area (Å²) in [4.78, 5) is 14.0. The van der Waals surface area contributed by atoms with Gasteiger partial charge in [-0.25, -0.2) is 0 Å². The second-order valence-electron chi connectivity index (χ2n) is 5.08. The van der Waals surface area contributed by atoms with Crippen molar-refractivity contribution in [3.05, 3.63) is 35.4 Å². The van der Waals surface area contributed by atoms with E-state index < -0.39 is 0 Å². The van der Waals surface area contributed by atoms with Crippen LogP contribution in [-0.4, -0.2) is 29.9 Å². The quantitative estimate of drug-likeness (QED) is 0.847. The Morgan fingerprint density at radius 2 is 2.00 bits per heavy atom. The molecule has 2 rings (SSSR count). The Hall–Kier alpha value is -1.35. The molecule has 1 atom stereocenters. The second-order valence-corrected chi connectivity index (χ2v) is 5.08. The number of likely N-dealkylation sites (tertiary alicyclic amines) is 1. The van der Waals surface area contributed by atoms with Crippen LogP contribution in [0.4, 0.5) is 0 Å². The molecule has 1 aliphatic rings. The Morgan fingerprint density at radius 1 is 1.35 bits per heavy atom. The number of hydrogen-bond acceptors (Lipinski definition) is 2. The summed E-state index contributed by atoms with van der Waals surface area (Å²) in [6, 6.07) is 8.05. The summed E-state index contributed by atoms with van der Waals surface area (Å²) >= 11 is 0. The van der Waals surface area contributed by atoms with Gasteiger partial charge in [-0.2, -0.15) is 0 Å². The highest BCUT2D eigenvalue weighted by molar-refractivity contribution is 5.94. The number of carbonyl (C=O) groups excluding carboxylic acids is 1. The normalized spacial score (nSPS) is 20.0. The van der Waals surface area contributed by atoms with Gasteiger partial charge in [0.1, 0.15) is 0 Å². The van der Waals surface area contributed by atoms with Crippen LogP contribution in [0.5, 0.6) is 0 Å². The van der Waals surface area contributed by atoms with Crippen LogP contribution in [0.15, 0.2) is 24.3 Å². The van der Waals surface area contributed by atoms with E-state index in [1.807, 2.05) is 29.2 Å². The molecule has 1 amide bonds. The van der Waals surface area contributed by atoms with Gasteiger partial charge < -0.3 is 10.6 Å². The van der Waals surface area contributed by atoms with E-state index in [-0.39, 0.29) is 11.9 Å². The first-order valence-corrected chi connectivity index (χ1v) is 6.22. The molecular formula is C14H20N2O. The van der Waals surface area contributed by atoms with Crippen LogP contribution in [0.3, 0.4) is 0 Å². The zero-order valence-electron chi connectivity index (χ0n) is 10.5. The number of rotatable bonds is 2. The Bertz CT molecular complexity index is 397. The molecule has 0 aromatic heterocycles. The monoisotopic (exact) mass is 232 g/mol. The molecule has 0 bridgehead atoms. The van der Waals surface area contributed by atoms with Crippen molar-refractivity contribution in [1.29, 1.82) is 0 Å². The summed E-state index contributed by atoms with van der Waals surface area (Å²) < 4.78 is 0. The maximum Gasteiger partial charge on any atom is 0.253 e. The van der Waals surface area contributed by atoms with Gasteiger partial charge >= 0.3 is 0 Å². The van der Waals surface area contributed by atoms with Gasteiger partial charge in [-0.1, -0.05) is 26.0 Å². The number of carbonyl (C=O) groups is 1. The summed E-state index contributed by atoms with van der Waals surface area (Å²) in [5.74, 6) is 0.604. The van der Waals surface area contributed by atoms with Gasteiger partial charge in [-0.3, -0.25) is 4.79 Å². The molecular weight excluding hydrogens is 212 g/mol. The third-order valence-corrected chi connectivity index (χ3v) is 3.34. The molecule has 0 unspecified atom stereocenters. The van der Waals surface area contributed by atoms with Crippen LogP contribution >= 0.6 is 0 Å². The molecule has 17 heavy (non-hydrogen) atoms. The first-order chi connectivity index (χ1) is 8.08. The lowest BCUT2D eigenvalue weighted by Crippen LogP contribution is -2.31. The number of amides is 1. The van der Waals surface area contributed by atoms with E-state index in [4.69, 9.17) is 5.73 Å². The maximum absolute atomic E-state index is 12.1. The van der Waals surface area contributed by atoms with Gasteiger partial charge in [-0.05, 0) is 30.0 Å². The molecule has 0 saturated carbocycles. The Labute approximate surface area is 103 Å². The van der Waals surface area contributed by atoms with Crippen molar-refractivity contribution >= 4 is 5.91 Å². The molecule has 3 nitrogen and oxygen atoms in total. The molecule has 0 spiro atoms. The first-order valence-electron chi connectivity index (χ1n) is 6.22. The van der Waals surface area contributed by atoms with Gasteiger partial charge in [0.2, 0.25) is 0 Å². The lowest BCUT2D eigenvalue weighted by Gasteiger charge is -2.16. The van der Waals surface area contributed by atoms with Crippen molar-refractivity contribution < 1.29 is 4.79 Å². The number of nitrogens with two attached hydrogens (primary N) is 1. The zero-order valence-corrected chi connectivity index (χ0v) is 10.5. The highest BCUT2D eigenvalue weighted by atomic mass is 16.2. The molecule has 1 aromatic carbocycles. The fourth-order valence-corrected chi connectivity index (χ4v) is 2.16. The van der Waals surface area contributed by atoms with Gasteiger partial charge in [0.15, 0.2) is 0 Å². The third-order valence-electron chi connectivity index (χ3n) is 3.34. The van der Waals surface area contributed by atoms with Crippen molar-refractivity contribution in [3.8, 4) is 0 Å². The maximum atomic E-state index is 12.1. The third kappa shape index (κ3) is 2.67. The minimum absolute atomic E-state index is 0.105. The van der Waals surface area contributed by atoms with Gasteiger partial charge in [0.05, 0.1) is 0 Å². The smallest absolute Gasteiger partial charge is 0.253 e. The molecule has 92 valence electrons. The van der Waals surface area contributed by atoms with E-state index in [0.29, 0.717) is 12.5 Å². The molecule has 3 heteroatoms. The lowest BCUT2D eigenvalue weighted by atomic mass is 10.0. The molecule has 1 saturated heterocycles. The Balaban J connectivity index is 2.09. The summed E-state index contributed by atoms with van der Waals surface area (Å²) in [5, 5.41) is 0. The van der Waals surface area contributed by atoms with Crippen molar-refractivity contribution in [2.75, 3.05) is 13.1 Å². The second kappa shape index (κ2) is 4.88. The average Bonchev–Trinajstić information content (AvgIpc) is 2.75. The van der Waals surface area contributed by atoms with E-state index in [9.17, 15) is 4.79 Å². The summed E-state index contributed by atoms with van der Waals surface area (Å²) in [6.07, 6.45) is 0.913. The highest BCUT2D eigenvalue weighted by Crippen LogP contribution is 2.17. The molecule has 0 radical (unpaired) electrons. The Kier molecular flexibility index (Phi) is 3.48. The molecule has 1 aliphatic heterocycles. The number of nitrogens with zero attached hydrogens (tertiary/aromatic N) is 1. The molecule has 1 heterocycles. The van der Waals surface area contributed by atoms with Crippen molar-refractivity contribution in [2.45, 2.75) is 32.2 Å². The van der Waals surface area contributed by atoms with E-state index in [1.165, 1.54) is 5.56 Å². The minimum Gasteiger partial charge on any atom is -0.337 e. The van der Waals surface area contributed by atoms with E-state index in [0.717, 1.165) is 18.5 Å². The van der Waals surface area contributed by atoms with Crippen molar-refractivity contribution in [2.24, 2.45) is 5.73 Å². The van der Waals surface area contributed by atoms with Crippen molar-refractivity contribution in [3.63, 3.8) is 0 Å². The fraction of sp³-hybridized carbons (Fsp3) is 0.500. The molecule has 2 N–H and O–H groups in total. The fourth-order valence-electron chi connectivity index (χ4n) is 2.16. The summed E-state index contributed by atoms with van der Waals surface area (Å²) in [5.41, 5.74) is 7.84. The van der Waals surface area contributed by atoms with E-state index >= 15 is 0 Å². The largest absolute Gasteiger partial charge is 0.337 e. The van der Waals surface area contributed by atoms with Gasteiger partial charge in [-0.15, -0.1) is 0 Å². The lowest BCUT2D eigenvalue weighted by molar-refractivity contribution is 0.0791. The van der Waals surface area contributed by atoms with Gasteiger partial charge in [0, 0.05) is 24.7 Å². The molecule has 1 fully saturated rings. The summed E-state index contributed by atoms with van der Waals surface area (Å²) in [6.45, 7) is 5.77. The van der Waals surface area contributed by atoms with Gasteiger partial charge in [0.25, 0.3) is 5.91 Å². The topological polar surface area (TPSA) is 46.3 Å². The van der Waals surface area contributed by atoms with Crippen molar-refractivity contribution in [1.82, 2.24) is 4.90 Å². The standard InChI is InChI=1S/C14H20N2O/c1-10(2)11-3-5-12(6-4-11)14(17)16-8-7-13(15)9-16/h3-6,10,13H,7-9,15H2,1-2H3/t13-/m0/s1. The van der Waals surface area contributed by atoms with E-state index in [2.05, 4.69) is 13.8 Å². The SMILES string of the molecule is CC(C)c1ccc(C(=O)N2CC[C@H](N)C2)cc1. The summed E-state index contributed by atoms with van der Waals surface area (Å²) in [7, 11) is 0. The van der Waals surface area contributed by atoms with Crippen LogP contribution in [0.1, 0.15) is 42.1 Å². The highest BCUT2D eigenvalue weighted by Gasteiger charge is 2.24.